The number of nitrogen functional groups attached to an aromatic ring is 1. The van der Waals surface area contributed by atoms with E-state index < -0.39 is 14.6 Å². The van der Waals surface area contributed by atoms with Crippen molar-refractivity contribution in [1.82, 2.24) is 10.1 Å². The lowest BCUT2D eigenvalue weighted by molar-refractivity contribution is -0.711. The molecule has 4 N–H and O–H groups in total. The van der Waals surface area contributed by atoms with Crippen molar-refractivity contribution in [1.29, 1.82) is 0 Å². The van der Waals surface area contributed by atoms with Crippen LogP contribution >= 0.6 is 30.8 Å². The molecule has 0 spiro atoms. The number of phosphoric ester groups is 1. The summed E-state index contributed by atoms with van der Waals surface area (Å²) in [6.07, 6.45) is 3.87. The lowest BCUT2D eigenvalue weighted by Gasteiger charge is -2.07. The molecule has 9 nitrogen and oxygen atoms in total. The minimum Gasteiger partial charge on any atom is -0.356 e. The van der Waals surface area contributed by atoms with Crippen LogP contribution in [0, 0.1) is 0 Å². The molecular formula is C21H21ClN4O5PS+. The minimum atomic E-state index is -4.62. The number of thiazole rings is 1. The van der Waals surface area contributed by atoms with Gasteiger partial charge in [0.2, 0.25) is 6.73 Å². The molecule has 0 amide bonds. The quantitative estimate of drug-likeness (QED) is 0.230. The Balaban J connectivity index is 1.40. The van der Waals surface area contributed by atoms with Crippen molar-refractivity contribution in [2.45, 2.75) is 26.0 Å². The van der Waals surface area contributed by atoms with Crippen LogP contribution in [0.4, 0.5) is 5.82 Å². The van der Waals surface area contributed by atoms with Crippen LogP contribution in [0.1, 0.15) is 21.8 Å². The molecule has 12 heteroatoms. The lowest BCUT2D eigenvalue weighted by Crippen LogP contribution is -2.38. The Hall–Kier alpha value is -2.59. The molecule has 3 aromatic heterocycles. The highest BCUT2D eigenvalue weighted by molar-refractivity contribution is 7.46. The average Bonchev–Trinajstić information content (AvgIpc) is 3.41. The second-order valence-corrected chi connectivity index (χ2v) is 9.83. The van der Waals surface area contributed by atoms with Gasteiger partial charge in [-0.2, -0.15) is 0 Å². The van der Waals surface area contributed by atoms with Gasteiger partial charge in [0, 0.05) is 24.3 Å². The van der Waals surface area contributed by atoms with E-state index in [-0.39, 0.29) is 5.82 Å². The number of nitrogens with zero attached hydrogens (tertiary/aromatic N) is 3. The van der Waals surface area contributed by atoms with Crippen LogP contribution in [0.25, 0.3) is 11.3 Å². The Morgan fingerprint density at radius 1 is 1.18 bits per heavy atom. The summed E-state index contributed by atoms with van der Waals surface area (Å²) >= 11 is 7.44. The van der Waals surface area contributed by atoms with E-state index in [1.165, 1.54) is 10.1 Å². The van der Waals surface area contributed by atoms with Gasteiger partial charge in [0.05, 0.1) is 16.9 Å². The first-order valence-corrected chi connectivity index (χ1v) is 12.7. The van der Waals surface area contributed by atoms with Crippen LogP contribution in [0.3, 0.4) is 0 Å². The Kier molecular flexibility index (Phi) is 7.23. The number of hydrogen-bond acceptors (Lipinski definition) is 7. The zero-order chi connectivity index (χ0) is 23.4. The van der Waals surface area contributed by atoms with Crippen molar-refractivity contribution in [3.8, 4) is 11.3 Å². The SMILES string of the molecule is Nc1c(-c2cc(Cc3ccc(CCc4nc(Cl)cs4)cc3)no2)ccc[n+]1COP(=O)(O)O. The molecule has 0 fully saturated rings. The maximum Gasteiger partial charge on any atom is 0.472 e. The summed E-state index contributed by atoms with van der Waals surface area (Å²) in [5.41, 5.74) is 9.70. The molecule has 0 radical (unpaired) electrons. The van der Waals surface area contributed by atoms with E-state index in [2.05, 4.69) is 38.9 Å². The first-order valence-electron chi connectivity index (χ1n) is 9.88. The third-order valence-corrected chi connectivity index (χ3v) is 6.55. The maximum absolute atomic E-state index is 11.0. The second kappa shape index (κ2) is 10.1. The smallest absolute Gasteiger partial charge is 0.356 e. The van der Waals surface area contributed by atoms with Crippen molar-refractivity contribution in [3.05, 3.63) is 81.0 Å². The Labute approximate surface area is 198 Å². The van der Waals surface area contributed by atoms with Gasteiger partial charge in [0.1, 0.15) is 10.7 Å². The van der Waals surface area contributed by atoms with E-state index in [1.807, 2.05) is 5.38 Å². The second-order valence-electron chi connectivity index (χ2n) is 7.27. The van der Waals surface area contributed by atoms with E-state index in [1.54, 1.807) is 35.7 Å². The van der Waals surface area contributed by atoms with Gasteiger partial charge in [0.25, 0.3) is 5.82 Å². The van der Waals surface area contributed by atoms with Crippen LogP contribution in [-0.2, 0) is 35.1 Å². The normalized spacial score (nSPS) is 11.7. The van der Waals surface area contributed by atoms with E-state index >= 15 is 0 Å². The fourth-order valence-electron chi connectivity index (χ4n) is 3.23. The molecule has 33 heavy (non-hydrogen) atoms. The van der Waals surface area contributed by atoms with E-state index in [4.69, 9.17) is 31.6 Å². The number of nitrogens with two attached hydrogens (primary N) is 1. The summed E-state index contributed by atoms with van der Waals surface area (Å²) in [4.78, 5) is 22.1. The first-order chi connectivity index (χ1) is 15.8. The monoisotopic (exact) mass is 507 g/mol. The van der Waals surface area contributed by atoms with Crippen molar-refractivity contribution in [2.75, 3.05) is 5.73 Å². The molecule has 1 aromatic carbocycles. The number of rotatable bonds is 9. The molecule has 4 aromatic rings. The van der Waals surface area contributed by atoms with Gasteiger partial charge >= 0.3 is 7.82 Å². The van der Waals surface area contributed by atoms with Crippen molar-refractivity contribution < 1.29 is 28.0 Å². The van der Waals surface area contributed by atoms with Crippen LogP contribution in [0.15, 0.2) is 58.6 Å². The Morgan fingerprint density at radius 2 is 1.94 bits per heavy atom. The van der Waals surface area contributed by atoms with Crippen molar-refractivity contribution >= 4 is 36.6 Å². The van der Waals surface area contributed by atoms with Gasteiger partial charge < -0.3 is 14.3 Å². The largest absolute Gasteiger partial charge is 0.472 e. The highest BCUT2D eigenvalue weighted by Crippen LogP contribution is 2.35. The average molecular weight is 508 g/mol. The van der Waals surface area contributed by atoms with Gasteiger partial charge in [-0.25, -0.2) is 18.6 Å². The standard InChI is InChI=1S/C21H20ClN4O5PS/c22-19-12-33-20(24-19)8-7-14-3-5-15(6-4-14)10-16-11-18(31-25-16)17-2-1-9-26(21(17)23)13-30-32(27,28)29/h1-6,9,11-12,23H,7-8,10,13H2,(H2,27,28,29)/p+1. The van der Waals surface area contributed by atoms with Crippen molar-refractivity contribution in [2.24, 2.45) is 0 Å². The number of hydrogen-bond donors (Lipinski definition) is 3. The van der Waals surface area contributed by atoms with Crippen LogP contribution in [0.5, 0.6) is 0 Å². The zero-order valence-corrected chi connectivity index (χ0v) is 19.8. The van der Waals surface area contributed by atoms with E-state index in [0.29, 0.717) is 22.9 Å². The molecule has 0 unspecified atom stereocenters. The van der Waals surface area contributed by atoms with E-state index in [0.717, 1.165) is 29.1 Å². The number of aromatic nitrogens is 3. The predicted molar refractivity (Wildman–Crippen MR) is 123 cm³/mol. The van der Waals surface area contributed by atoms with Crippen LogP contribution < -0.4 is 10.3 Å². The van der Waals surface area contributed by atoms with Crippen LogP contribution in [0.2, 0.25) is 5.15 Å². The lowest BCUT2D eigenvalue weighted by atomic mass is 10.0. The summed E-state index contributed by atoms with van der Waals surface area (Å²) in [5.74, 6) is 0.686. The van der Waals surface area contributed by atoms with Crippen LogP contribution in [-0.4, -0.2) is 19.9 Å². The molecule has 3 heterocycles. The topological polar surface area (TPSA) is 136 Å². The van der Waals surface area contributed by atoms with Gasteiger partial charge in [-0.15, -0.1) is 11.3 Å². The molecule has 0 aliphatic heterocycles. The molecule has 0 bridgehead atoms. The zero-order valence-electron chi connectivity index (χ0n) is 17.3. The van der Waals surface area contributed by atoms with E-state index in [9.17, 15) is 4.57 Å². The molecule has 0 atom stereocenters. The predicted octanol–water partition coefficient (Wildman–Crippen LogP) is 3.76. The highest BCUT2D eigenvalue weighted by Gasteiger charge is 2.20. The summed E-state index contributed by atoms with van der Waals surface area (Å²) < 4.78 is 22.3. The number of aryl methyl sites for hydroxylation is 2. The molecule has 0 saturated carbocycles. The number of benzene rings is 1. The molecular weight excluding hydrogens is 487 g/mol. The van der Waals surface area contributed by atoms with Gasteiger partial charge in [-0.05, 0) is 29.7 Å². The Bertz CT molecular complexity index is 1290. The minimum absolute atomic E-state index is 0.236. The summed E-state index contributed by atoms with van der Waals surface area (Å²) in [5, 5.41) is 7.53. The fraction of sp³-hybridized carbons (Fsp3) is 0.190. The number of anilines is 1. The summed E-state index contributed by atoms with van der Waals surface area (Å²) in [6.45, 7) is -0.396. The van der Waals surface area contributed by atoms with Gasteiger partial charge in [-0.1, -0.05) is 41.0 Å². The third-order valence-electron chi connectivity index (χ3n) is 4.86. The molecule has 0 aliphatic rings. The first kappa shape index (κ1) is 23.6. The summed E-state index contributed by atoms with van der Waals surface area (Å²) in [7, 11) is -4.62. The molecule has 172 valence electrons. The summed E-state index contributed by atoms with van der Waals surface area (Å²) in [6, 6.07) is 13.5. The molecule has 0 saturated heterocycles. The molecule has 4 rings (SSSR count). The van der Waals surface area contributed by atoms with Gasteiger partial charge in [-0.3, -0.25) is 5.73 Å². The Morgan fingerprint density at radius 3 is 2.64 bits per heavy atom. The van der Waals surface area contributed by atoms with Gasteiger partial charge in [0.15, 0.2) is 5.76 Å². The van der Waals surface area contributed by atoms with Crippen molar-refractivity contribution in [3.63, 3.8) is 0 Å². The maximum atomic E-state index is 11.0. The highest BCUT2D eigenvalue weighted by atomic mass is 35.5. The third kappa shape index (κ3) is 6.48. The fourth-order valence-corrected chi connectivity index (χ4v) is 4.45. The molecule has 0 aliphatic carbocycles. The number of halogens is 1. The number of phosphoric acid groups is 1. The number of pyridine rings is 1.